The normalized spacial score (nSPS) is 32.7. The highest BCUT2D eigenvalue weighted by atomic mass is 35.5. The third kappa shape index (κ3) is 4.40. The number of fused-ring (bicyclic) bond motifs is 1. The van der Waals surface area contributed by atoms with Gasteiger partial charge in [0.1, 0.15) is 36.4 Å². The Kier molecular flexibility index (Phi) is 7.77. The van der Waals surface area contributed by atoms with Gasteiger partial charge in [0.25, 0.3) is 0 Å². The molecule has 2 fully saturated rings. The second-order valence-corrected chi connectivity index (χ2v) is 10.7. The Morgan fingerprint density at radius 3 is 1.89 bits per heavy atom. The van der Waals surface area contributed by atoms with Gasteiger partial charge in [0.15, 0.2) is 11.2 Å². The first-order chi connectivity index (χ1) is 17.3. The minimum absolute atomic E-state index is 0.0240. The van der Waals surface area contributed by atoms with Gasteiger partial charge in [0.2, 0.25) is 11.6 Å². The van der Waals surface area contributed by atoms with Crippen LogP contribution < -0.4 is 9.47 Å². The van der Waals surface area contributed by atoms with Crippen molar-refractivity contribution in [1.82, 2.24) is 0 Å². The van der Waals surface area contributed by atoms with E-state index in [2.05, 4.69) is 0 Å². The van der Waals surface area contributed by atoms with Crippen LogP contribution in [0, 0.1) is 5.92 Å². The lowest BCUT2D eigenvalue weighted by atomic mass is 9.50. The van der Waals surface area contributed by atoms with E-state index in [0.717, 1.165) is 0 Å². The molecule has 200 valence electrons. The van der Waals surface area contributed by atoms with Crippen molar-refractivity contribution in [2.24, 2.45) is 5.92 Å². The van der Waals surface area contributed by atoms with Crippen molar-refractivity contribution < 1.29 is 44.2 Å². The smallest absolute Gasteiger partial charge is 0.208 e. The summed E-state index contributed by atoms with van der Waals surface area (Å²) >= 11 is 23.8. The van der Waals surface area contributed by atoms with Crippen LogP contribution in [0.3, 0.4) is 0 Å². The molecule has 1 heterocycles. The Bertz CT molecular complexity index is 1240. The maximum absolute atomic E-state index is 13.5. The van der Waals surface area contributed by atoms with Gasteiger partial charge < -0.3 is 34.6 Å². The fraction of sp³-hybridized carbons (Fsp3) is 0.417. The van der Waals surface area contributed by atoms with Crippen LogP contribution in [0.15, 0.2) is 36.4 Å². The molecule has 1 aliphatic carbocycles. The summed E-state index contributed by atoms with van der Waals surface area (Å²) in [6.07, 6.45) is -2.74. The topological polar surface area (TPSA) is 143 Å². The Morgan fingerprint density at radius 1 is 0.919 bits per heavy atom. The zero-order valence-electron chi connectivity index (χ0n) is 19.2. The number of carbonyl (C=O) groups excluding carboxylic acids is 2. The highest BCUT2D eigenvalue weighted by Crippen LogP contribution is 2.55. The number of ether oxygens (including phenoxy) is 3. The summed E-state index contributed by atoms with van der Waals surface area (Å²) in [4.78, 5) is 26.8. The number of hydrogen-bond donors (Lipinski definition) is 4. The lowest BCUT2D eigenvalue weighted by molar-refractivity contribution is -0.384. The van der Waals surface area contributed by atoms with E-state index in [9.17, 15) is 30.0 Å². The molecule has 1 aliphatic heterocycles. The number of aliphatic hydroxyl groups is 4. The fourth-order valence-electron chi connectivity index (χ4n) is 4.76. The van der Waals surface area contributed by atoms with E-state index in [4.69, 9.17) is 60.6 Å². The second kappa shape index (κ2) is 10.1. The molecule has 13 heteroatoms. The molecule has 0 aromatic heterocycles. The predicted octanol–water partition coefficient (Wildman–Crippen LogP) is 2.50. The largest absolute Gasteiger partial charge is 0.484 e. The lowest BCUT2D eigenvalue weighted by Crippen LogP contribution is -2.91. The molecule has 0 bridgehead atoms. The maximum atomic E-state index is 13.5. The molecule has 2 unspecified atom stereocenters. The van der Waals surface area contributed by atoms with Crippen molar-refractivity contribution in [3.05, 3.63) is 56.5 Å². The average molecular weight is 596 g/mol. The molecule has 0 amide bonds. The van der Waals surface area contributed by atoms with Crippen LogP contribution in [0.1, 0.15) is 6.92 Å². The average Bonchev–Trinajstić information content (AvgIpc) is 2.85. The molecule has 6 atom stereocenters. The predicted molar refractivity (Wildman–Crippen MR) is 134 cm³/mol. The van der Waals surface area contributed by atoms with Gasteiger partial charge in [-0.15, -0.1) is 0 Å². The van der Waals surface area contributed by atoms with Gasteiger partial charge in [-0.05, 0) is 36.4 Å². The Morgan fingerprint density at radius 2 is 1.41 bits per heavy atom. The van der Waals surface area contributed by atoms with Crippen LogP contribution in [0.2, 0.25) is 20.1 Å². The third-order valence-corrected chi connectivity index (χ3v) is 8.03. The second-order valence-electron chi connectivity index (χ2n) is 8.98. The molecule has 2 aromatic rings. The molecule has 0 radical (unpaired) electrons. The molecule has 4 rings (SSSR count). The standard InChI is InChI=1S/C24H22Cl4O9/c1-11-20(31)21-23(11,33)24(34,19(30)9-36-17-5-3-13(26)7-15(17)28)22(32,10-37-21)18(29)8-35-16-4-2-12(25)6-14(16)27/h2-7,11,20-21,31-34H,8-10H2,1H3/t11?,20?,21-,22-,23-,24-/m1/s1. The number of carbonyl (C=O) groups is 2. The molecule has 9 nitrogen and oxygen atoms in total. The summed E-state index contributed by atoms with van der Waals surface area (Å²) in [7, 11) is 0. The van der Waals surface area contributed by atoms with E-state index >= 15 is 0 Å². The van der Waals surface area contributed by atoms with E-state index in [-0.39, 0.29) is 21.5 Å². The SMILES string of the molecule is CC1C(O)[C@H]2OC[C@@](O)(C(=O)COc3ccc(Cl)cc3Cl)[C@](O)(C(=O)COc3ccc(Cl)cc3Cl)[C@@]12O. The summed E-state index contributed by atoms with van der Waals surface area (Å²) in [6, 6.07) is 8.39. The Balaban J connectivity index is 1.64. The van der Waals surface area contributed by atoms with E-state index in [1.807, 2.05) is 0 Å². The molecule has 1 saturated heterocycles. The molecule has 1 saturated carbocycles. The highest BCUT2D eigenvalue weighted by molar-refractivity contribution is 6.36. The summed E-state index contributed by atoms with van der Waals surface area (Å²) in [5.41, 5.74) is -8.70. The number of rotatable bonds is 8. The summed E-state index contributed by atoms with van der Waals surface area (Å²) in [5, 5.41) is 45.7. The molecular weight excluding hydrogens is 574 g/mol. The number of hydrogen-bond acceptors (Lipinski definition) is 9. The van der Waals surface area contributed by atoms with Crippen molar-refractivity contribution in [2.75, 3.05) is 19.8 Å². The van der Waals surface area contributed by atoms with Gasteiger partial charge in [-0.3, -0.25) is 9.59 Å². The van der Waals surface area contributed by atoms with E-state index in [1.165, 1.54) is 43.3 Å². The Labute approximate surface area is 231 Å². The lowest BCUT2D eigenvalue weighted by Gasteiger charge is -2.66. The summed E-state index contributed by atoms with van der Waals surface area (Å²) < 4.78 is 16.2. The van der Waals surface area contributed by atoms with Crippen LogP contribution in [-0.4, -0.2) is 80.8 Å². The van der Waals surface area contributed by atoms with Crippen molar-refractivity contribution in [3.63, 3.8) is 0 Å². The van der Waals surface area contributed by atoms with Gasteiger partial charge in [0, 0.05) is 16.0 Å². The first-order valence-electron chi connectivity index (χ1n) is 11.0. The molecule has 2 aliphatic rings. The number of ketones is 2. The van der Waals surface area contributed by atoms with Gasteiger partial charge >= 0.3 is 0 Å². The molecule has 4 N–H and O–H groups in total. The minimum atomic E-state index is -3.16. The van der Waals surface area contributed by atoms with Gasteiger partial charge in [-0.1, -0.05) is 53.3 Å². The van der Waals surface area contributed by atoms with Crippen molar-refractivity contribution in [3.8, 4) is 11.5 Å². The summed E-state index contributed by atoms with van der Waals surface area (Å²) in [5.74, 6) is -3.56. The molecular formula is C24H22Cl4O9. The van der Waals surface area contributed by atoms with E-state index in [0.29, 0.717) is 10.0 Å². The first kappa shape index (κ1) is 28.4. The van der Waals surface area contributed by atoms with Crippen LogP contribution in [0.25, 0.3) is 0 Å². The number of aliphatic hydroxyl groups excluding tert-OH is 1. The third-order valence-electron chi connectivity index (χ3n) is 6.97. The van der Waals surface area contributed by atoms with E-state index in [1.54, 1.807) is 0 Å². The molecule has 2 aromatic carbocycles. The van der Waals surface area contributed by atoms with Gasteiger partial charge in [-0.2, -0.15) is 0 Å². The van der Waals surface area contributed by atoms with Gasteiger partial charge in [-0.25, -0.2) is 0 Å². The Hall–Kier alpha value is -1.66. The first-order valence-corrected chi connectivity index (χ1v) is 12.5. The number of Topliss-reactive ketones (excluding diaryl/α,β-unsaturated/α-hetero) is 2. The molecule has 37 heavy (non-hydrogen) atoms. The number of benzene rings is 2. The zero-order chi connectivity index (χ0) is 27.3. The number of halogens is 4. The van der Waals surface area contributed by atoms with Crippen LogP contribution in [0.4, 0.5) is 0 Å². The van der Waals surface area contributed by atoms with Gasteiger partial charge in [0.05, 0.1) is 22.8 Å². The van der Waals surface area contributed by atoms with Crippen molar-refractivity contribution in [1.29, 1.82) is 0 Å². The highest BCUT2D eigenvalue weighted by Gasteiger charge is 2.82. The maximum Gasteiger partial charge on any atom is 0.208 e. The zero-order valence-corrected chi connectivity index (χ0v) is 22.2. The van der Waals surface area contributed by atoms with Crippen LogP contribution >= 0.6 is 46.4 Å². The van der Waals surface area contributed by atoms with Crippen LogP contribution in [0.5, 0.6) is 11.5 Å². The monoisotopic (exact) mass is 594 g/mol. The quantitative estimate of drug-likeness (QED) is 0.362. The van der Waals surface area contributed by atoms with Crippen LogP contribution in [-0.2, 0) is 14.3 Å². The minimum Gasteiger partial charge on any atom is -0.484 e. The summed E-state index contributed by atoms with van der Waals surface area (Å²) in [6.45, 7) is -1.36. The molecule has 0 spiro atoms. The van der Waals surface area contributed by atoms with E-state index < -0.39 is 66.3 Å². The van der Waals surface area contributed by atoms with Crippen molar-refractivity contribution in [2.45, 2.75) is 35.9 Å². The fourth-order valence-corrected chi connectivity index (χ4v) is 5.69. The van der Waals surface area contributed by atoms with Crippen molar-refractivity contribution >= 4 is 58.0 Å².